The van der Waals surface area contributed by atoms with E-state index in [2.05, 4.69) is 33.4 Å². The first-order chi connectivity index (χ1) is 5.70. The van der Waals surface area contributed by atoms with E-state index in [0.29, 0.717) is 0 Å². The van der Waals surface area contributed by atoms with Crippen molar-refractivity contribution in [3.8, 4) is 0 Å². The van der Waals surface area contributed by atoms with E-state index >= 15 is 0 Å². The normalized spacial score (nSPS) is 29.5. The van der Waals surface area contributed by atoms with Crippen molar-refractivity contribution >= 4 is 12.6 Å². The summed E-state index contributed by atoms with van der Waals surface area (Å²) in [6.45, 7) is 7.11. The molecule has 0 heterocycles. The van der Waals surface area contributed by atoms with Crippen molar-refractivity contribution < 1.29 is 0 Å². The molecule has 12 heavy (non-hydrogen) atoms. The molecule has 0 bridgehead atoms. The molecule has 0 atom stereocenters. The van der Waals surface area contributed by atoms with E-state index in [1.54, 1.807) is 6.26 Å². The second-order valence-electron chi connectivity index (χ2n) is 4.26. The first-order valence-electron chi connectivity index (χ1n) is 5.15. The lowest BCUT2D eigenvalue weighted by atomic mass is 9.78. The van der Waals surface area contributed by atoms with Crippen LogP contribution in [0.15, 0.2) is 0 Å². The molecule has 0 unspecified atom stereocenters. The monoisotopic (exact) mass is 188 g/mol. The second-order valence-corrected chi connectivity index (χ2v) is 4.26. The molecule has 1 saturated carbocycles. The summed E-state index contributed by atoms with van der Waals surface area (Å²) in [5.74, 6) is 2.97. The van der Waals surface area contributed by atoms with Gasteiger partial charge in [-0.1, -0.05) is 33.6 Å². The highest BCUT2D eigenvalue weighted by Crippen LogP contribution is 2.32. The van der Waals surface area contributed by atoms with E-state index < -0.39 is 0 Å². The van der Waals surface area contributed by atoms with Gasteiger partial charge in [0.25, 0.3) is 0 Å². The molecule has 0 saturated heterocycles. The fourth-order valence-electron chi connectivity index (χ4n) is 1.95. The van der Waals surface area contributed by atoms with Crippen LogP contribution in [0.4, 0.5) is 0 Å². The van der Waals surface area contributed by atoms with Crippen LogP contribution in [0.1, 0.15) is 46.5 Å². The molecular weight excluding hydrogens is 164 g/mol. The Morgan fingerprint density at radius 1 is 1.00 bits per heavy atom. The van der Waals surface area contributed by atoms with E-state index in [9.17, 15) is 0 Å². The standard InChI is InChI=1S/C10H20.CH4S/c1-8(2)10-6-4-9(3)5-7-10;1-2/h8-10H,4-7H2,1-3H3;2H,1H3. The number of hydrogen-bond acceptors (Lipinski definition) is 1. The minimum absolute atomic E-state index is 0.924. The lowest BCUT2D eigenvalue weighted by molar-refractivity contribution is 0.234. The Kier molecular flexibility index (Phi) is 7.02. The van der Waals surface area contributed by atoms with E-state index in [0.717, 1.165) is 17.8 Å². The average molecular weight is 188 g/mol. The van der Waals surface area contributed by atoms with Crippen molar-refractivity contribution in [3.05, 3.63) is 0 Å². The van der Waals surface area contributed by atoms with Crippen molar-refractivity contribution in [2.45, 2.75) is 46.5 Å². The van der Waals surface area contributed by atoms with Gasteiger partial charge in [0.2, 0.25) is 0 Å². The van der Waals surface area contributed by atoms with E-state index in [4.69, 9.17) is 0 Å². The molecule has 1 rings (SSSR count). The van der Waals surface area contributed by atoms with Crippen LogP contribution in [0.2, 0.25) is 0 Å². The molecule has 1 aliphatic rings. The van der Waals surface area contributed by atoms with Crippen molar-refractivity contribution in [2.24, 2.45) is 17.8 Å². The third-order valence-electron chi connectivity index (χ3n) is 3.00. The summed E-state index contributed by atoms with van der Waals surface area (Å²) in [7, 11) is 0. The summed E-state index contributed by atoms with van der Waals surface area (Å²) >= 11 is 3.53. The van der Waals surface area contributed by atoms with Crippen molar-refractivity contribution in [1.29, 1.82) is 0 Å². The van der Waals surface area contributed by atoms with Gasteiger partial charge in [-0.15, -0.1) is 0 Å². The summed E-state index contributed by atoms with van der Waals surface area (Å²) in [6, 6.07) is 0. The summed E-state index contributed by atoms with van der Waals surface area (Å²) in [6.07, 6.45) is 7.61. The molecule has 0 nitrogen and oxygen atoms in total. The Hall–Kier alpha value is 0.350. The molecule has 1 heteroatoms. The Morgan fingerprint density at radius 3 is 1.75 bits per heavy atom. The Morgan fingerprint density at radius 2 is 1.42 bits per heavy atom. The fraction of sp³-hybridized carbons (Fsp3) is 1.00. The number of hydrogen-bond donors (Lipinski definition) is 1. The highest BCUT2D eigenvalue weighted by atomic mass is 32.1. The molecule has 0 amide bonds. The Balaban J connectivity index is 0.000000561. The zero-order chi connectivity index (χ0) is 9.56. The highest BCUT2D eigenvalue weighted by molar-refractivity contribution is 7.79. The number of thiol groups is 1. The van der Waals surface area contributed by atoms with Gasteiger partial charge in [0.05, 0.1) is 0 Å². The maximum atomic E-state index is 3.53. The fourth-order valence-corrected chi connectivity index (χ4v) is 1.95. The second kappa shape index (κ2) is 6.82. The summed E-state index contributed by atoms with van der Waals surface area (Å²) in [4.78, 5) is 0. The van der Waals surface area contributed by atoms with Crippen molar-refractivity contribution in [2.75, 3.05) is 6.26 Å². The van der Waals surface area contributed by atoms with Crippen LogP contribution in [-0.2, 0) is 0 Å². The maximum Gasteiger partial charge on any atom is -0.0215 e. The van der Waals surface area contributed by atoms with Gasteiger partial charge in [-0.3, -0.25) is 0 Å². The molecule has 74 valence electrons. The number of rotatable bonds is 1. The minimum Gasteiger partial charge on any atom is -0.183 e. The predicted molar refractivity (Wildman–Crippen MR) is 60.9 cm³/mol. The molecule has 1 fully saturated rings. The van der Waals surface area contributed by atoms with Gasteiger partial charge in [-0.25, -0.2) is 0 Å². The highest BCUT2D eigenvalue weighted by Gasteiger charge is 2.19. The van der Waals surface area contributed by atoms with Crippen LogP contribution >= 0.6 is 12.6 Å². The molecule has 0 N–H and O–H groups in total. The predicted octanol–water partition coefficient (Wildman–Crippen LogP) is 4.01. The van der Waals surface area contributed by atoms with E-state index in [1.807, 2.05) is 0 Å². The molecule has 1 aliphatic carbocycles. The molecule has 0 radical (unpaired) electrons. The van der Waals surface area contributed by atoms with E-state index in [1.165, 1.54) is 25.7 Å². The Labute approximate surface area is 83.5 Å². The first kappa shape index (κ1) is 12.3. The van der Waals surface area contributed by atoms with Crippen molar-refractivity contribution in [3.63, 3.8) is 0 Å². The van der Waals surface area contributed by atoms with Crippen LogP contribution < -0.4 is 0 Å². The van der Waals surface area contributed by atoms with Crippen LogP contribution in [0, 0.1) is 17.8 Å². The average Bonchev–Trinajstić information content (AvgIpc) is 2.09. The van der Waals surface area contributed by atoms with Gasteiger partial charge in [-0.05, 0) is 36.9 Å². The third kappa shape index (κ3) is 4.39. The van der Waals surface area contributed by atoms with Gasteiger partial charge in [0.15, 0.2) is 0 Å². The largest absolute Gasteiger partial charge is 0.183 e. The molecule has 0 aromatic carbocycles. The quantitative estimate of drug-likeness (QED) is 0.590. The van der Waals surface area contributed by atoms with Gasteiger partial charge in [-0.2, -0.15) is 12.6 Å². The summed E-state index contributed by atoms with van der Waals surface area (Å²) in [5.41, 5.74) is 0. The third-order valence-corrected chi connectivity index (χ3v) is 3.00. The maximum absolute atomic E-state index is 3.53. The molecule has 0 aromatic rings. The van der Waals surface area contributed by atoms with Crippen LogP contribution in [-0.4, -0.2) is 6.26 Å². The zero-order valence-corrected chi connectivity index (χ0v) is 9.90. The summed E-state index contributed by atoms with van der Waals surface area (Å²) < 4.78 is 0. The zero-order valence-electron chi connectivity index (χ0n) is 9.01. The molecule has 0 spiro atoms. The van der Waals surface area contributed by atoms with Gasteiger partial charge < -0.3 is 0 Å². The van der Waals surface area contributed by atoms with Crippen molar-refractivity contribution in [1.82, 2.24) is 0 Å². The van der Waals surface area contributed by atoms with Crippen LogP contribution in [0.25, 0.3) is 0 Å². The van der Waals surface area contributed by atoms with Crippen LogP contribution in [0.5, 0.6) is 0 Å². The first-order valence-corrected chi connectivity index (χ1v) is 6.04. The van der Waals surface area contributed by atoms with Gasteiger partial charge in [0.1, 0.15) is 0 Å². The summed E-state index contributed by atoms with van der Waals surface area (Å²) in [5, 5.41) is 0. The smallest absolute Gasteiger partial charge is 0.0215 e. The van der Waals surface area contributed by atoms with Gasteiger partial charge in [0, 0.05) is 0 Å². The molecule has 0 aliphatic heterocycles. The van der Waals surface area contributed by atoms with E-state index in [-0.39, 0.29) is 0 Å². The Bertz CT molecular complexity index is 91.2. The lowest BCUT2D eigenvalue weighted by Gasteiger charge is -2.28. The molecular formula is C11H24S. The SMILES string of the molecule is CC1CCC(C(C)C)CC1.CS. The molecule has 0 aromatic heterocycles. The van der Waals surface area contributed by atoms with Crippen LogP contribution in [0.3, 0.4) is 0 Å². The minimum atomic E-state index is 0.924. The lowest BCUT2D eigenvalue weighted by Crippen LogP contribution is -2.16. The topological polar surface area (TPSA) is 0 Å². The van der Waals surface area contributed by atoms with Gasteiger partial charge >= 0.3 is 0 Å².